The van der Waals surface area contributed by atoms with Crippen LogP contribution in [-0.4, -0.2) is 59.7 Å². The second kappa shape index (κ2) is 6.88. The Hall–Kier alpha value is -0.720. The standard InChI is InChI=1S/C11H23N5S/c1-6-16(9(2)7-15(4)5)8-10-11(12-3)17-14-13-10/h9,12H,6-8H2,1-5H3. The molecular formula is C11H23N5S. The summed E-state index contributed by atoms with van der Waals surface area (Å²) in [4.78, 5) is 4.63. The van der Waals surface area contributed by atoms with E-state index in [-0.39, 0.29) is 0 Å². The smallest absolute Gasteiger partial charge is 0.134 e. The Morgan fingerprint density at radius 1 is 1.41 bits per heavy atom. The summed E-state index contributed by atoms with van der Waals surface area (Å²) in [6.45, 7) is 7.38. The zero-order chi connectivity index (χ0) is 12.8. The summed E-state index contributed by atoms with van der Waals surface area (Å²) >= 11 is 1.42. The van der Waals surface area contributed by atoms with Gasteiger partial charge >= 0.3 is 0 Å². The first kappa shape index (κ1) is 14.3. The van der Waals surface area contributed by atoms with Crippen LogP contribution in [0.25, 0.3) is 0 Å². The van der Waals surface area contributed by atoms with E-state index < -0.39 is 0 Å². The molecule has 6 heteroatoms. The quantitative estimate of drug-likeness (QED) is 0.799. The Bertz CT molecular complexity index is 325. The monoisotopic (exact) mass is 257 g/mol. The molecule has 0 saturated carbocycles. The Labute approximate surface area is 108 Å². The molecule has 0 spiro atoms. The largest absolute Gasteiger partial charge is 0.377 e. The summed E-state index contributed by atoms with van der Waals surface area (Å²) in [6, 6.07) is 0.515. The fourth-order valence-corrected chi connectivity index (χ4v) is 2.44. The second-order valence-electron chi connectivity index (χ2n) is 4.47. The average molecular weight is 257 g/mol. The first-order valence-electron chi connectivity index (χ1n) is 5.96. The lowest BCUT2D eigenvalue weighted by atomic mass is 10.2. The highest BCUT2D eigenvalue weighted by atomic mass is 32.1. The van der Waals surface area contributed by atoms with E-state index in [2.05, 4.69) is 52.6 Å². The van der Waals surface area contributed by atoms with Crippen LogP contribution < -0.4 is 5.32 Å². The van der Waals surface area contributed by atoms with Crippen molar-refractivity contribution in [1.29, 1.82) is 0 Å². The molecule has 0 aliphatic heterocycles. The van der Waals surface area contributed by atoms with Crippen molar-refractivity contribution >= 4 is 16.5 Å². The molecule has 1 heterocycles. The van der Waals surface area contributed by atoms with Crippen LogP contribution in [0.15, 0.2) is 0 Å². The average Bonchev–Trinajstić information content (AvgIpc) is 2.71. The van der Waals surface area contributed by atoms with Gasteiger partial charge in [-0.05, 0) is 27.6 Å². The molecule has 1 atom stereocenters. The predicted octanol–water partition coefficient (Wildman–Crippen LogP) is 1.35. The van der Waals surface area contributed by atoms with Crippen molar-refractivity contribution < 1.29 is 0 Å². The lowest BCUT2D eigenvalue weighted by Crippen LogP contribution is -2.39. The number of rotatable bonds is 7. The lowest BCUT2D eigenvalue weighted by Gasteiger charge is -2.29. The third-order valence-electron chi connectivity index (χ3n) is 2.79. The van der Waals surface area contributed by atoms with Crippen molar-refractivity contribution in [3.63, 3.8) is 0 Å². The van der Waals surface area contributed by atoms with Crippen molar-refractivity contribution in [1.82, 2.24) is 19.4 Å². The van der Waals surface area contributed by atoms with Gasteiger partial charge in [0, 0.05) is 37.7 Å². The Kier molecular flexibility index (Phi) is 5.80. The molecule has 0 aromatic carbocycles. The Balaban J connectivity index is 2.63. The van der Waals surface area contributed by atoms with Crippen LogP contribution in [-0.2, 0) is 6.54 Å². The van der Waals surface area contributed by atoms with Crippen LogP contribution in [0.5, 0.6) is 0 Å². The summed E-state index contributed by atoms with van der Waals surface area (Å²) in [5, 5.41) is 8.40. The number of anilines is 1. The van der Waals surface area contributed by atoms with Crippen molar-refractivity contribution in [2.45, 2.75) is 26.4 Å². The van der Waals surface area contributed by atoms with Gasteiger partial charge in [0.25, 0.3) is 0 Å². The second-order valence-corrected chi connectivity index (χ2v) is 5.23. The van der Waals surface area contributed by atoms with Gasteiger partial charge in [-0.15, -0.1) is 5.10 Å². The van der Waals surface area contributed by atoms with Crippen LogP contribution in [0.3, 0.4) is 0 Å². The van der Waals surface area contributed by atoms with Gasteiger partial charge < -0.3 is 10.2 Å². The topological polar surface area (TPSA) is 44.3 Å². The third-order valence-corrected chi connectivity index (χ3v) is 3.58. The Morgan fingerprint density at radius 2 is 2.12 bits per heavy atom. The lowest BCUT2D eigenvalue weighted by molar-refractivity contribution is 0.173. The normalized spacial score (nSPS) is 13.4. The number of hydrogen-bond donors (Lipinski definition) is 1. The van der Waals surface area contributed by atoms with Gasteiger partial charge in [0.1, 0.15) is 10.7 Å². The third kappa shape index (κ3) is 4.22. The fraction of sp³-hybridized carbons (Fsp3) is 0.818. The van der Waals surface area contributed by atoms with E-state index in [0.29, 0.717) is 6.04 Å². The van der Waals surface area contributed by atoms with E-state index in [9.17, 15) is 0 Å². The molecule has 0 fully saturated rings. The van der Waals surface area contributed by atoms with Gasteiger partial charge in [0.05, 0.1) is 0 Å². The van der Waals surface area contributed by atoms with Gasteiger partial charge in [0.15, 0.2) is 0 Å². The molecule has 0 radical (unpaired) electrons. The molecule has 0 aliphatic rings. The maximum Gasteiger partial charge on any atom is 0.134 e. The molecule has 0 aliphatic carbocycles. The summed E-state index contributed by atoms with van der Waals surface area (Å²) < 4.78 is 3.99. The molecule has 1 rings (SSSR count). The molecule has 1 aromatic heterocycles. The van der Waals surface area contributed by atoms with Crippen molar-refractivity contribution in [3.05, 3.63) is 5.69 Å². The Morgan fingerprint density at radius 3 is 2.65 bits per heavy atom. The molecule has 0 saturated heterocycles. The molecule has 17 heavy (non-hydrogen) atoms. The summed E-state index contributed by atoms with van der Waals surface area (Å²) in [5.74, 6) is 0. The van der Waals surface area contributed by atoms with Crippen LogP contribution in [0, 0.1) is 0 Å². The molecule has 1 N–H and O–H groups in total. The van der Waals surface area contributed by atoms with E-state index in [4.69, 9.17) is 0 Å². The van der Waals surface area contributed by atoms with Crippen LogP contribution in [0.4, 0.5) is 5.00 Å². The van der Waals surface area contributed by atoms with Gasteiger partial charge in [-0.3, -0.25) is 4.90 Å². The number of nitrogens with one attached hydrogen (secondary N) is 1. The summed E-state index contributed by atoms with van der Waals surface area (Å²) in [7, 11) is 6.12. The van der Waals surface area contributed by atoms with Crippen molar-refractivity contribution in [2.75, 3.05) is 39.5 Å². The number of likely N-dealkylation sites (N-methyl/N-ethyl adjacent to an activating group) is 2. The number of aromatic nitrogens is 2. The molecular weight excluding hydrogens is 234 g/mol. The molecule has 0 bridgehead atoms. The van der Waals surface area contributed by atoms with Crippen LogP contribution >= 0.6 is 11.5 Å². The minimum absolute atomic E-state index is 0.515. The zero-order valence-electron chi connectivity index (χ0n) is 11.4. The molecule has 0 amide bonds. The van der Waals surface area contributed by atoms with Gasteiger partial charge in [0.2, 0.25) is 0 Å². The van der Waals surface area contributed by atoms with Crippen molar-refractivity contribution in [3.8, 4) is 0 Å². The summed E-state index contributed by atoms with van der Waals surface area (Å²) in [5.41, 5.74) is 1.05. The fourth-order valence-electron chi connectivity index (χ4n) is 1.92. The SMILES string of the molecule is CCN(Cc1nnsc1NC)C(C)CN(C)C. The summed E-state index contributed by atoms with van der Waals surface area (Å²) in [6.07, 6.45) is 0. The molecule has 1 unspecified atom stereocenters. The highest BCUT2D eigenvalue weighted by molar-refractivity contribution is 7.10. The first-order chi connectivity index (χ1) is 8.08. The maximum absolute atomic E-state index is 4.19. The zero-order valence-corrected chi connectivity index (χ0v) is 12.2. The minimum Gasteiger partial charge on any atom is -0.377 e. The predicted molar refractivity (Wildman–Crippen MR) is 73.6 cm³/mol. The van der Waals surface area contributed by atoms with Gasteiger partial charge in [-0.25, -0.2) is 0 Å². The van der Waals surface area contributed by atoms with E-state index >= 15 is 0 Å². The molecule has 5 nitrogen and oxygen atoms in total. The number of nitrogens with zero attached hydrogens (tertiary/aromatic N) is 4. The van der Waals surface area contributed by atoms with Crippen LogP contribution in [0.2, 0.25) is 0 Å². The molecule has 98 valence electrons. The minimum atomic E-state index is 0.515. The van der Waals surface area contributed by atoms with E-state index in [1.165, 1.54) is 11.5 Å². The van der Waals surface area contributed by atoms with E-state index in [0.717, 1.165) is 30.3 Å². The maximum atomic E-state index is 4.19. The van der Waals surface area contributed by atoms with Crippen LogP contribution in [0.1, 0.15) is 19.5 Å². The van der Waals surface area contributed by atoms with Gasteiger partial charge in [-0.1, -0.05) is 11.4 Å². The van der Waals surface area contributed by atoms with Gasteiger partial charge in [-0.2, -0.15) is 0 Å². The van der Waals surface area contributed by atoms with Crippen molar-refractivity contribution in [2.24, 2.45) is 0 Å². The van der Waals surface area contributed by atoms with E-state index in [1.54, 1.807) is 0 Å². The molecule has 1 aromatic rings. The first-order valence-corrected chi connectivity index (χ1v) is 6.73. The highest BCUT2D eigenvalue weighted by Crippen LogP contribution is 2.19. The highest BCUT2D eigenvalue weighted by Gasteiger charge is 2.16. The number of hydrogen-bond acceptors (Lipinski definition) is 6. The van der Waals surface area contributed by atoms with E-state index in [1.807, 2.05) is 7.05 Å².